The van der Waals surface area contributed by atoms with Crippen molar-refractivity contribution in [3.8, 4) is 34.2 Å². The van der Waals surface area contributed by atoms with Gasteiger partial charge in [0.2, 0.25) is 0 Å². The zero-order chi connectivity index (χ0) is 40.1. The molecule has 0 bridgehead atoms. The largest absolute Gasteiger partial charge is 0.500 e. The van der Waals surface area contributed by atoms with Crippen molar-refractivity contribution >= 4 is 21.0 Å². The van der Waals surface area contributed by atoms with E-state index >= 15 is 0 Å². The Labute approximate surface area is 356 Å². The zero-order valence-corrected chi connectivity index (χ0v) is 37.1. The smallest absolute Gasteiger partial charge is 0.377 e. The average molecular weight is 967 g/mol. The Balaban J connectivity index is 0.000000240. The molecular formula is C46H50N7O3OsSi+. The minimum Gasteiger partial charge on any atom is -0.377 e. The molecule has 0 spiro atoms. The fourth-order valence-corrected chi connectivity index (χ4v) is 7.82. The van der Waals surface area contributed by atoms with Crippen LogP contribution in [0.4, 0.5) is 0 Å². The van der Waals surface area contributed by atoms with Gasteiger partial charge in [-0.1, -0.05) is 36.4 Å². The van der Waals surface area contributed by atoms with E-state index < -0.39 is 8.80 Å². The van der Waals surface area contributed by atoms with Gasteiger partial charge in [0.15, 0.2) is 12.4 Å². The number of hydrogen-bond acceptors (Lipinski definition) is 9. The van der Waals surface area contributed by atoms with Gasteiger partial charge >= 0.3 is 8.80 Å². The number of aryl methyl sites for hydroxylation is 2. The predicted octanol–water partition coefficient (Wildman–Crippen LogP) is 9.24. The molecule has 0 radical (unpaired) electrons. The van der Waals surface area contributed by atoms with Crippen LogP contribution in [-0.4, -0.2) is 59.0 Å². The summed E-state index contributed by atoms with van der Waals surface area (Å²) in [6.45, 7) is 6.95. The first-order valence-electron chi connectivity index (χ1n) is 18.9. The van der Waals surface area contributed by atoms with E-state index in [4.69, 9.17) is 13.3 Å². The van der Waals surface area contributed by atoms with Crippen LogP contribution in [0, 0.1) is 6.92 Å². The summed E-state index contributed by atoms with van der Waals surface area (Å²) in [7, 11) is 0.764. The normalized spacial score (nSPS) is 10.9. The Hall–Kier alpha value is -5.48. The zero-order valence-electron chi connectivity index (χ0n) is 33.6. The van der Waals surface area contributed by atoms with Gasteiger partial charge in [0.1, 0.15) is 6.54 Å². The van der Waals surface area contributed by atoms with Gasteiger partial charge in [-0.2, -0.15) is 0 Å². The van der Waals surface area contributed by atoms with Gasteiger partial charge in [-0.25, -0.2) is 4.57 Å². The molecular weight excluding hydrogens is 917 g/mol. The summed E-state index contributed by atoms with van der Waals surface area (Å²) in [5.74, 6) is 0. The number of rotatable bonds is 13. The molecule has 7 heterocycles. The second-order valence-corrected chi connectivity index (χ2v) is 16.0. The molecule has 0 aliphatic heterocycles. The van der Waals surface area contributed by atoms with Crippen LogP contribution in [0.25, 0.3) is 46.3 Å². The van der Waals surface area contributed by atoms with Crippen molar-refractivity contribution in [2.45, 2.75) is 45.9 Å². The summed E-state index contributed by atoms with van der Waals surface area (Å²) in [6.07, 6.45) is 20.1. The van der Waals surface area contributed by atoms with Crippen molar-refractivity contribution in [1.82, 2.24) is 29.9 Å². The van der Waals surface area contributed by atoms with E-state index in [9.17, 15) is 0 Å². The van der Waals surface area contributed by atoms with Gasteiger partial charge in [0, 0.05) is 102 Å². The second kappa shape index (κ2) is 24.3. The monoisotopic (exact) mass is 968 g/mol. The number of pyridine rings is 7. The maximum atomic E-state index is 5.98. The van der Waals surface area contributed by atoms with E-state index in [0.717, 1.165) is 64.3 Å². The number of hydrogen-bond donors (Lipinski definition) is 0. The van der Waals surface area contributed by atoms with Crippen molar-refractivity contribution in [3.05, 3.63) is 175 Å². The van der Waals surface area contributed by atoms with Gasteiger partial charge in [0.25, 0.3) is 0 Å². The standard InChI is InChI=1S/C26H34N3O3Si.2C10H8N2.Os/c1-21(2)32-33(30-4,31-5)18-6-15-29-16-11-23(12-17-29)7-8-24-10-14-28-26(20-24)25-19-22(3)9-13-27-25;2*1-3-7-11-9(5-1)10-6-2-4-8-12-10;/h7-14,16-17,19-21H,6,15,18H2,1-5H3;2*1-8H;/q+1;;;/b8-7+;;;. The molecule has 0 aliphatic carbocycles. The fraction of sp³-hybridized carbons (Fsp3) is 0.196. The van der Waals surface area contributed by atoms with Crippen molar-refractivity contribution in [1.29, 1.82) is 0 Å². The second-order valence-electron chi connectivity index (χ2n) is 13.1. The van der Waals surface area contributed by atoms with Crippen LogP contribution in [0.1, 0.15) is 37.0 Å². The third kappa shape index (κ3) is 14.8. The van der Waals surface area contributed by atoms with Crippen LogP contribution in [0.5, 0.6) is 0 Å². The molecule has 7 rings (SSSR count). The van der Waals surface area contributed by atoms with E-state index in [-0.39, 0.29) is 25.9 Å². The molecule has 0 saturated heterocycles. The SMILES string of the molecule is CO[Si](CCC[n+]1ccc(/C=C/c2ccnc(-c3cc(C)ccn3)c2)cc1)(OC)OC(C)C.[Os].c1ccc(-c2ccccn2)nc1.c1ccc(-c2ccccn2)nc1. The number of nitrogens with zero attached hydrogens (tertiary/aromatic N) is 7. The van der Waals surface area contributed by atoms with Gasteiger partial charge in [-0.15, -0.1) is 0 Å². The van der Waals surface area contributed by atoms with Crippen LogP contribution in [-0.2, 0) is 39.6 Å². The molecule has 0 N–H and O–H groups in total. The summed E-state index contributed by atoms with van der Waals surface area (Å²) in [5.41, 5.74) is 8.82. The molecule has 7 aromatic rings. The number of aromatic nitrogens is 7. The molecule has 0 amide bonds. The van der Waals surface area contributed by atoms with Crippen LogP contribution < -0.4 is 4.57 Å². The van der Waals surface area contributed by atoms with Gasteiger partial charge in [0.05, 0.1) is 34.2 Å². The first-order valence-corrected chi connectivity index (χ1v) is 20.8. The van der Waals surface area contributed by atoms with Gasteiger partial charge in [-0.05, 0) is 110 Å². The van der Waals surface area contributed by atoms with Crippen molar-refractivity contribution < 1.29 is 37.6 Å². The molecule has 298 valence electrons. The van der Waals surface area contributed by atoms with Crippen molar-refractivity contribution in [2.24, 2.45) is 0 Å². The molecule has 0 unspecified atom stereocenters. The fourth-order valence-electron chi connectivity index (χ4n) is 5.63. The Morgan fingerprint density at radius 1 is 0.552 bits per heavy atom. The first kappa shape index (κ1) is 45.2. The topological polar surface area (TPSA) is 109 Å². The first-order chi connectivity index (χ1) is 27.9. The summed E-state index contributed by atoms with van der Waals surface area (Å²) in [5, 5.41) is 0. The molecule has 0 aliphatic rings. The van der Waals surface area contributed by atoms with Crippen LogP contribution in [0.2, 0.25) is 6.04 Å². The Morgan fingerprint density at radius 2 is 1.00 bits per heavy atom. The maximum Gasteiger partial charge on any atom is 0.500 e. The summed E-state index contributed by atoms with van der Waals surface area (Å²) in [4.78, 5) is 25.6. The Kier molecular flexibility index (Phi) is 19.0. The molecule has 0 fully saturated rings. The van der Waals surface area contributed by atoms with Gasteiger partial charge in [-0.3, -0.25) is 29.9 Å². The minimum atomic E-state index is -2.59. The quantitative estimate of drug-likeness (QED) is 0.0826. The van der Waals surface area contributed by atoms with Crippen LogP contribution >= 0.6 is 0 Å². The minimum absolute atomic E-state index is 0. The van der Waals surface area contributed by atoms with E-state index in [1.165, 1.54) is 5.56 Å². The summed E-state index contributed by atoms with van der Waals surface area (Å²) in [6, 6.07) is 36.3. The van der Waals surface area contributed by atoms with E-state index in [0.29, 0.717) is 0 Å². The third-order valence-corrected chi connectivity index (χ3v) is 11.5. The maximum absolute atomic E-state index is 5.98. The summed E-state index contributed by atoms with van der Waals surface area (Å²) >= 11 is 0. The third-order valence-electron chi connectivity index (χ3n) is 8.47. The molecule has 7 aromatic heterocycles. The Bertz CT molecular complexity index is 2070. The van der Waals surface area contributed by atoms with E-state index in [1.54, 1.807) is 39.0 Å². The van der Waals surface area contributed by atoms with Crippen molar-refractivity contribution in [2.75, 3.05) is 14.2 Å². The molecule has 0 aromatic carbocycles. The molecule has 0 atom stereocenters. The average Bonchev–Trinajstić information content (AvgIpc) is 3.27. The van der Waals surface area contributed by atoms with Crippen LogP contribution in [0.3, 0.4) is 0 Å². The predicted molar refractivity (Wildman–Crippen MR) is 228 cm³/mol. The van der Waals surface area contributed by atoms with Crippen LogP contribution in [0.15, 0.2) is 159 Å². The molecule has 58 heavy (non-hydrogen) atoms. The van der Waals surface area contributed by atoms with E-state index in [1.807, 2.05) is 117 Å². The van der Waals surface area contributed by atoms with Gasteiger partial charge < -0.3 is 13.3 Å². The molecule has 10 nitrogen and oxygen atoms in total. The molecule has 12 heteroatoms. The molecule has 0 saturated carbocycles. The summed E-state index contributed by atoms with van der Waals surface area (Å²) < 4.78 is 19.4. The van der Waals surface area contributed by atoms with Crippen molar-refractivity contribution in [3.63, 3.8) is 0 Å². The van der Waals surface area contributed by atoms with E-state index in [2.05, 4.69) is 84.1 Å². The Morgan fingerprint density at radius 3 is 1.43 bits per heavy atom.